The van der Waals surface area contributed by atoms with E-state index >= 15 is 0 Å². The first kappa shape index (κ1) is 13.7. The highest BCUT2D eigenvalue weighted by Gasteiger charge is 2.16. The Kier molecular flexibility index (Phi) is 3.67. The van der Waals surface area contributed by atoms with Crippen molar-refractivity contribution in [2.75, 3.05) is 12.9 Å². The molecule has 6 heteroatoms. The van der Waals surface area contributed by atoms with E-state index in [0.717, 1.165) is 36.3 Å². The number of ether oxygens (including phenoxy) is 1. The van der Waals surface area contributed by atoms with E-state index < -0.39 is 5.56 Å². The minimum atomic E-state index is -0.402. The Bertz CT molecular complexity index is 792. The molecule has 21 heavy (non-hydrogen) atoms. The normalized spacial score (nSPS) is 13.1. The number of aryl methyl sites for hydroxylation is 1. The van der Waals surface area contributed by atoms with Gasteiger partial charge in [0.2, 0.25) is 0 Å². The summed E-state index contributed by atoms with van der Waals surface area (Å²) in [6, 6.07) is 7.63. The molecule has 0 saturated heterocycles. The Morgan fingerprint density at radius 2 is 2.33 bits per heavy atom. The zero-order chi connectivity index (χ0) is 14.8. The summed E-state index contributed by atoms with van der Waals surface area (Å²) in [4.78, 5) is 18.9. The van der Waals surface area contributed by atoms with E-state index in [1.165, 1.54) is 11.8 Å². The summed E-state index contributed by atoms with van der Waals surface area (Å²) in [5, 5.41) is 9.72. The lowest BCUT2D eigenvalue weighted by Gasteiger charge is -2.18. The van der Waals surface area contributed by atoms with Crippen LogP contribution < -0.4 is 10.3 Å². The summed E-state index contributed by atoms with van der Waals surface area (Å²) in [6.07, 6.45) is 3.73. The molecule has 2 aromatic rings. The lowest BCUT2D eigenvalue weighted by atomic mass is 10.00. The summed E-state index contributed by atoms with van der Waals surface area (Å²) in [5.41, 5.74) is 1.94. The van der Waals surface area contributed by atoms with Gasteiger partial charge in [0.25, 0.3) is 5.56 Å². The smallest absolute Gasteiger partial charge is 0.270 e. The molecule has 5 nitrogen and oxygen atoms in total. The second-order valence-electron chi connectivity index (χ2n) is 4.69. The van der Waals surface area contributed by atoms with Gasteiger partial charge in [-0.2, -0.15) is 5.26 Å². The van der Waals surface area contributed by atoms with Gasteiger partial charge in [0.15, 0.2) is 5.16 Å². The fourth-order valence-electron chi connectivity index (χ4n) is 2.37. The Labute approximate surface area is 126 Å². The van der Waals surface area contributed by atoms with Gasteiger partial charge in [0.1, 0.15) is 17.4 Å². The number of hydrogen-bond acceptors (Lipinski definition) is 5. The largest absolute Gasteiger partial charge is 0.493 e. The van der Waals surface area contributed by atoms with E-state index in [-0.39, 0.29) is 5.56 Å². The highest BCUT2D eigenvalue weighted by atomic mass is 32.2. The molecule has 2 heterocycles. The van der Waals surface area contributed by atoms with Gasteiger partial charge in [-0.1, -0.05) is 11.8 Å². The van der Waals surface area contributed by atoms with E-state index in [2.05, 4.69) is 9.97 Å². The van der Waals surface area contributed by atoms with Gasteiger partial charge in [-0.05, 0) is 42.9 Å². The van der Waals surface area contributed by atoms with Crippen molar-refractivity contribution >= 4 is 11.8 Å². The second kappa shape index (κ2) is 5.62. The first-order valence-corrected chi connectivity index (χ1v) is 7.80. The van der Waals surface area contributed by atoms with Gasteiger partial charge in [0, 0.05) is 5.56 Å². The van der Waals surface area contributed by atoms with Crippen LogP contribution in [0.4, 0.5) is 0 Å². The third-order valence-electron chi connectivity index (χ3n) is 3.38. The van der Waals surface area contributed by atoms with Crippen LogP contribution in [-0.2, 0) is 6.42 Å². The van der Waals surface area contributed by atoms with Crippen LogP contribution in [0, 0.1) is 11.3 Å². The summed E-state index contributed by atoms with van der Waals surface area (Å²) in [7, 11) is 0. The number of hydrogen-bond donors (Lipinski definition) is 1. The molecule has 0 saturated carbocycles. The van der Waals surface area contributed by atoms with E-state index in [0.29, 0.717) is 10.9 Å². The third-order valence-corrected chi connectivity index (χ3v) is 3.96. The average Bonchev–Trinajstić information content (AvgIpc) is 2.53. The van der Waals surface area contributed by atoms with Crippen LogP contribution >= 0.6 is 11.8 Å². The van der Waals surface area contributed by atoms with E-state index in [9.17, 15) is 10.1 Å². The number of nitriles is 1. The molecule has 1 N–H and O–H groups in total. The van der Waals surface area contributed by atoms with E-state index in [4.69, 9.17) is 4.74 Å². The minimum absolute atomic E-state index is 0.0458. The Morgan fingerprint density at radius 1 is 1.48 bits per heavy atom. The van der Waals surface area contributed by atoms with Gasteiger partial charge >= 0.3 is 0 Å². The molecule has 0 fully saturated rings. The van der Waals surface area contributed by atoms with E-state index in [1.54, 1.807) is 0 Å². The highest BCUT2D eigenvalue weighted by molar-refractivity contribution is 7.98. The molecule has 0 bridgehead atoms. The second-order valence-corrected chi connectivity index (χ2v) is 5.48. The predicted molar refractivity (Wildman–Crippen MR) is 80.6 cm³/mol. The zero-order valence-electron chi connectivity index (χ0n) is 11.5. The number of nitrogens with one attached hydrogen (secondary N) is 1. The predicted octanol–water partition coefficient (Wildman–Crippen LogP) is 2.36. The SMILES string of the molecule is CSc1nc(-c2ccc3c(c2)CCCO3)c(C#N)c(=O)[nH]1. The van der Waals surface area contributed by atoms with Crippen molar-refractivity contribution in [2.45, 2.75) is 18.0 Å². The molecule has 0 aliphatic carbocycles. The summed E-state index contributed by atoms with van der Waals surface area (Å²) in [5.74, 6) is 0.874. The fourth-order valence-corrected chi connectivity index (χ4v) is 2.75. The molecule has 0 spiro atoms. The number of aromatic nitrogens is 2. The van der Waals surface area contributed by atoms with Crippen LogP contribution in [0.3, 0.4) is 0 Å². The molecule has 0 radical (unpaired) electrons. The molecule has 3 rings (SSSR count). The van der Waals surface area contributed by atoms with Crippen molar-refractivity contribution in [1.82, 2.24) is 9.97 Å². The van der Waals surface area contributed by atoms with Crippen LogP contribution in [-0.4, -0.2) is 22.8 Å². The molecular formula is C15H13N3O2S. The maximum absolute atomic E-state index is 12.0. The van der Waals surface area contributed by atoms with Crippen molar-refractivity contribution in [2.24, 2.45) is 0 Å². The fraction of sp³-hybridized carbons (Fsp3) is 0.267. The quantitative estimate of drug-likeness (QED) is 0.680. The number of benzene rings is 1. The lowest BCUT2D eigenvalue weighted by Crippen LogP contribution is -2.15. The minimum Gasteiger partial charge on any atom is -0.493 e. The maximum Gasteiger partial charge on any atom is 0.270 e. The Morgan fingerprint density at radius 3 is 3.10 bits per heavy atom. The Hall–Kier alpha value is -2.26. The van der Waals surface area contributed by atoms with E-state index in [1.807, 2.05) is 30.5 Å². The first-order chi connectivity index (χ1) is 10.2. The van der Waals surface area contributed by atoms with Crippen LogP contribution in [0.5, 0.6) is 5.75 Å². The van der Waals surface area contributed by atoms with Gasteiger partial charge in [-0.25, -0.2) is 4.98 Å². The van der Waals surface area contributed by atoms with Gasteiger partial charge in [-0.3, -0.25) is 4.79 Å². The van der Waals surface area contributed by atoms with Gasteiger partial charge in [-0.15, -0.1) is 0 Å². The number of rotatable bonds is 2. The molecule has 1 aliphatic heterocycles. The van der Waals surface area contributed by atoms with Crippen molar-refractivity contribution in [3.8, 4) is 23.1 Å². The van der Waals surface area contributed by atoms with Crippen LogP contribution in [0.1, 0.15) is 17.5 Å². The maximum atomic E-state index is 12.0. The Balaban J connectivity index is 2.18. The number of fused-ring (bicyclic) bond motifs is 1. The van der Waals surface area contributed by atoms with Crippen LogP contribution in [0.25, 0.3) is 11.3 Å². The van der Waals surface area contributed by atoms with Gasteiger partial charge < -0.3 is 9.72 Å². The molecule has 0 atom stereocenters. The molecule has 1 aromatic heterocycles. The molecule has 1 aliphatic rings. The molecule has 0 unspecified atom stereocenters. The monoisotopic (exact) mass is 299 g/mol. The lowest BCUT2D eigenvalue weighted by molar-refractivity contribution is 0.288. The molecular weight excluding hydrogens is 286 g/mol. The molecule has 1 aromatic carbocycles. The number of nitrogens with zero attached hydrogens (tertiary/aromatic N) is 2. The van der Waals surface area contributed by atoms with Crippen molar-refractivity contribution in [1.29, 1.82) is 5.26 Å². The van der Waals surface area contributed by atoms with Crippen molar-refractivity contribution in [3.63, 3.8) is 0 Å². The van der Waals surface area contributed by atoms with Crippen LogP contribution in [0.2, 0.25) is 0 Å². The number of thioether (sulfide) groups is 1. The average molecular weight is 299 g/mol. The standard InChI is InChI=1S/C15H13N3O2S/c1-21-15-17-13(11(8-16)14(19)18-15)10-4-5-12-9(7-10)3-2-6-20-12/h4-5,7H,2-3,6H2,1H3,(H,17,18,19). The summed E-state index contributed by atoms with van der Waals surface area (Å²) >= 11 is 1.34. The molecule has 0 amide bonds. The zero-order valence-corrected chi connectivity index (χ0v) is 12.3. The van der Waals surface area contributed by atoms with Crippen molar-refractivity contribution in [3.05, 3.63) is 39.7 Å². The first-order valence-electron chi connectivity index (χ1n) is 6.57. The van der Waals surface area contributed by atoms with Gasteiger partial charge in [0.05, 0.1) is 12.3 Å². The van der Waals surface area contributed by atoms with Crippen molar-refractivity contribution < 1.29 is 4.74 Å². The summed E-state index contributed by atoms with van der Waals surface area (Å²) in [6.45, 7) is 0.732. The topological polar surface area (TPSA) is 78.8 Å². The number of H-pyrrole nitrogens is 1. The third kappa shape index (κ3) is 2.52. The summed E-state index contributed by atoms with van der Waals surface area (Å²) < 4.78 is 5.58. The number of aromatic amines is 1. The highest BCUT2D eigenvalue weighted by Crippen LogP contribution is 2.30. The van der Waals surface area contributed by atoms with Crippen LogP contribution in [0.15, 0.2) is 28.2 Å². The molecule has 106 valence electrons.